The Morgan fingerprint density at radius 2 is 2.17 bits per heavy atom. The summed E-state index contributed by atoms with van der Waals surface area (Å²) in [5.41, 5.74) is 0. The molecular weight excluding hydrogens is 317 g/mol. The lowest BCUT2D eigenvalue weighted by atomic mass is 9.85. The lowest BCUT2D eigenvalue weighted by Crippen LogP contribution is -2.43. The minimum Gasteiger partial charge on any atom is -0.467 e. The summed E-state index contributed by atoms with van der Waals surface area (Å²) < 4.78 is 58.4. The van der Waals surface area contributed by atoms with Crippen LogP contribution in [0, 0.1) is 5.92 Å². The molecule has 0 aliphatic carbocycles. The van der Waals surface area contributed by atoms with Gasteiger partial charge in [0.05, 0.1) is 12.4 Å². The second-order valence-electron chi connectivity index (χ2n) is 5.51. The van der Waals surface area contributed by atoms with Crippen molar-refractivity contribution in [2.75, 3.05) is 13.7 Å². The number of carbonyl (C=O) groups excluding carboxylic acids is 1. The molecule has 0 unspecified atom stereocenters. The highest BCUT2D eigenvalue weighted by atomic mass is 19.4. The summed E-state index contributed by atoms with van der Waals surface area (Å²) in [6, 6.07) is 3.35. The van der Waals surface area contributed by atoms with Crippen molar-refractivity contribution in [2.24, 2.45) is 5.92 Å². The first-order valence-electron chi connectivity index (χ1n) is 7.28. The number of halogens is 3. The molecule has 0 aromatic carbocycles. The van der Waals surface area contributed by atoms with E-state index in [2.05, 4.69) is 0 Å². The van der Waals surface area contributed by atoms with Gasteiger partial charge in [-0.3, -0.25) is 0 Å². The number of furan rings is 1. The van der Waals surface area contributed by atoms with Crippen LogP contribution in [0.15, 0.2) is 22.8 Å². The zero-order chi connectivity index (χ0) is 17.0. The number of rotatable bonds is 5. The largest absolute Gasteiger partial charge is 0.490 e. The van der Waals surface area contributed by atoms with E-state index in [4.69, 9.17) is 18.6 Å². The Kier molecular flexibility index (Phi) is 5.69. The molecule has 1 aromatic heterocycles. The number of ether oxygens (including phenoxy) is 3. The number of carbonyl (C=O) groups is 1. The van der Waals surface area contributed by atoms with Crippen molar-refractivity contribution in [1.82, 2.24) is 0 Å². The summed E-state index contributed by atoms with van der Waals surface area (Å²) in [6.45, 7) is 2.02. The van der Waals surface area contributed by atoms with E-state index >= 15 is 0 Å². The summed E-state index contributed by atoms with van der Waals surface area (Å²) in [4.78, 5) is 11.2. The van der Waals surface area contributed by atoms with Gasteiger partial charge in [0.2, 0.25) is 0 Å². The van der Waals surface area contributed by atoms with Crippen molar-refractivity contribution in [1.29, 1.82) is 0 Å². The fourth-order valence-electron chi connectivity index (χ4n) is 2.77. The summed E-state index contributed by atoms with van der Waals surface area (Å²) >= 11 is 0. The van der Waals surface area contributed by atoms with Crippen LogP contribution in [-0.4, -0.2) is 38.1 Å². The Morgan fingerprint density at radius 1 is 1.43 bits per heavy atom. The summed E-state index contributed by atoms with van der Waals surface area (Å²) in [5.74, 6) is -2.17. The van der Waals surface area contributed by atoms with Crippen molar-refractivity contribution in [2.45, 2.75) is 44.3 Å². The SMILES string of the molecule is COCC[C@@H]1[C@@H](c2ccco2)O[C@@H](C)C[C@H]1OC(=O)C(F)(F)F. The van der Waals surface area contributed by atoms with Gasteiger partial charge in [0.25, 0.3) is 0 Å². The first-order valence-corrected chi connectivity index (χ1v) is 7.28. The lowest BCUT2D eigenvalue weighted by Gasteiger charge is -2.39. The van der Waals surface area contributed by atoms with Crippen LogP contribution in [0.4, 0.5) is 13.2 Å². The standard InChI is InChI=1S/C15H19F3O5/c1-9-8-12(23-14(19)15(16,17)18)10(5-7-20-2)13(22-9)11-4-3-6-21-11/h3-4,6,9-10,12-13H,5,7-8H2,1-2H3/t9-,10-,12+,13-/m0/s1. The van der Waals surface area contributed by atoms with E-state index in [-0.39, 0.29) is 12.5 Å². The number of methoxy groups -OCH3 is 1. The Bertz CT molecular complexity index is 500. The van der Waals surface area contributed by atoms with Crippen molar-refractivity contribution in [3.8, 4) is 0 Å². The lowest BCUT2D eigenvalue weighted by molar-refractivity contribution is -0.220. The van der Waals surface area contributed by atoms with E-state index in [9.17, 15) is 18.0 Å². The molecular formula is C15H19F3O5. The minimum atomic E-state index is -5.02. The second-order valence-corrected chi connectivity index (χ2v) is 5.51. The number of alkyl halides is 3. The van der Waals surface area contributed by atoms with Crippen LogP contribution >= 0.6 is 0 Å². The quantitative estimate of drug-likeness (QED) is 0.773. The Labute approximate surface area is 131 Å². The molecule has 1 aliphatic rings. The van der Waals surface area contributed by atoms with Gasteiger partial charge in [-0.05, 0) is 25.5 Å². The van der Waals surface area contributed by atoms with Gasteiger partial charge >= 0.3 is 12.1 Å². The topological polar surface area (TPSA) is 57.9 Å². The fourth-order valence-corrected chi connectivity index (χ4v) is 2.77. The summed E-state index contributed by atoms with van der Waals surface area (Å²) in [7, 11) is 1.49. The van der Waals surface area contributed by atoms with E-state index in [0.717, 1.165) is 0 Å². The van der Waals surface area contributed by atoms with Crippen molar-refractivity contribution >= 4 is 5.97 Å². The third kappa shape index (κ3) is 4.48. The van der Waals surface area contributed by atoms with Gasteiger partial charge in [0.15, 0.2) is 0 Å². The Hall–Kier alpha value is -1.54. The highest BCUT2D eigenvalue weighted by Crippen LogP contribution is 2.40. The molecule has 1 fully saturated rings. The van der Waals surface area contributed by atoms with E-state index in [0.29, 0.717) is 18.8 Å². The molecule has 1 aliphatic heterocycles. The molecule has 1 aromatic rings. The zero-order valence-electron chi connectivity index (χ0n) is 12.8. The van der Waals surface area contributed by atoms with Crippen LogP contribution in [0.2, 0.25) is 0 Å². The minimum absolute atomic E-state index is 0.188. The first kappa shape index (κ1) is 17.8. The molecule has 1 saturated heterocycles. The molecule has 4 atom stereocenters. The maximum Gasteiger partial charge on any atom is 0.490 e. The Balaban J connectivity index is 2.20. The third-order valence-corrected chi connectivity index (χ3v) is 3.78. The van der Waals surface area contributed by atoms with Gasteiger partial charge in [-0.2, -0.15) is 13.2 Å². The molecule has 130 valence electrons. The number of hydrogen-bond acceptors (Lipinski definition) is 5. The monoisotopic (exact) mass is 336 g/mol. The van der Waals surface area contributed by atoms with E-state index in [1.807, 2.05) is 0 Å². The average Bonchev–Trinajstić information content (AvgIpc) is 2.98. The molecule has 0 saturated carbocycles. The smallest absolute Gasteiger partial charge is 0.467 e. The highest BCUT2D eigenvalue weighted by Gasteiger charge is 2.47. The van der Waals surface area contributed by atoms with Crippen LogP contribution in [0.25, 0.3) is 0 Å². The Morgan fingerprint density at radius 3 is 2.74 bits per heavy atom. The average molecular weight is 336 g/mol. The molecule has 2 rings (SSSR count). The van der Waals surface area contributed by atoms with Gasteiger partial charge in [-0.1, -0.05) is 0 Å². The third-order valence-electron chi connectivity index (χ3n) is 3.78. The molecule has 5 nitrogen and oxygen atoms in total. The summed E-state index contributed by atoms with van der Waals surface area (Å²) in [5, 5.41) is 0. The van der Waals surface area contributed by atoms with Gasteiger partial charge in [-0.15, -0.1) is 0 Å². The number of hydrogen-bond donors (Lipinski definition) is 0. The van der Waals surface area contributed by atoms with E-state index < -0.39 is 30.3 Å². The molecule has 2 heterocycles. The molecule has 0 amide bonds. The van der Waals surface area contributed by atoms with E-state index in [1.54, 1.807) is 19.1 Å². The van der Waals surface area contributed by atoms with Crippen LogP contribution in [0.5, 0.6) is 0 Å². The van der Waals surface area contributed by atoms with Crippen LogP contribution in [0.1, 0.15) is 31.6 Å². The van der Waals surface area contributed by atoms with Gasteiger partial charge in [-0.25, -0.2) is 4.79 Å². The van der Waals surface area contributed by atoms with Crippen LogP contribution in [-0.2, 0) is 19.0 Å². The molecule has 0 spiro atoms. The molecule has 8 heteroatoms. The predicted molar refractivity (Wildman–Crippen MR) is 72.5 cm³/mol. The van der Waals surface area contributed by atoms with E-state index in [1.165, 1.54) is 13.4 Å². The highest BCUT2D eigenvalue weighted by molar-refractivity contribution is 5.75. The second kappa shape index (κ2) is 7.35. The maximum absolute atomic E-state index is 12.5. The molecule has 0 bridgehead atoms. The van der Waals surface area contributed by atoms with Crippen molar-refractivity contribution < 1.29 is 36.6 Å². The van der Waals surface area contributed by atoms with Crippen molar-refractivity contribution in [3.63, 3.8) is 0 Å². The van der Waals surface area contributed by atoms with Crippen LogP contribution in [0.3, 0.4) is 0 Å². The summed E-state index contributed by atoms with van der Waals surface area (Å²) in [6.07, 6.45) is -4.86. The van der Waals surface area contributed by atoms with Crippen LogP contribution < -0.4 is 0 Å². The zero-order valence-corrected chi connectivity index (χ0v) is 12.8. The molecule has 23 heavy (non-hydrogen) atoms. The van der Waals surface area contributed by atoms with Gasteiger partial charge < -0.3 is 18.6 Å². The molecule has 0 radical (unpaired) electrons. The van der Waals surface area contributed by atoms with Gasteiger partial charge in [0, 0.05) is 26.1 Å². The maximum atomic E-state index is 12.5. The number of esters is 1. The first-order chi connectivity index (χ1) is 10.8. The molecule has 0 N–H and O–H groups in total. The normalized spacial score (nSPS) is 28.6. The fraction of sp³-hybridized carbons (Fsp3) is 0.667. The van der Waals surface area contributed by atoms with Crippen molar-refractivity contribution in [3.05, 3.63) is 24.2 Å². The van der Waals surface area contributed by atoms with Gasteiger partial charge in [0.1, 0.15) is 18.0 Å². The predicted octanol–water partition coefficient (Wildman–Crippen LogP) is 3.26.